The molecule has 1 amide bonds. The van der Waals surface area contributed by atoms with Gasteiger partial charge in [0.05, 0.1) is 4.92 Å². The molecule has 0 unspecified atom stereocenters. The highest BCUT2D eigenvalue weighted by molar-refractivity contribution is 9.40. The van der Waals surface area contributed by atoms with E-state index in [4.69, 9.17) is 0 Å². The highest BCUT2D eigenvalue weighted by Gasteiger charge is 2.31. The van der Waals surface area contributed by atoms with Gasteiger partial charge >= 0.3 is 0 Å². The number of nitro benzene ring substituents is 1. The maximum atomic E-state index is 11.8. The molecule has 0 radical (unpaired) electrons. The first kappa shape index (κ1) is 15.6. The summed E-state index contributed by atoms with van der Waals surface area (Å²) in [6.45, 7) is 0.362. The molecule has 0 atom stereocenters. The zero-order chi connectivity index (χ0) is 13.9. The van der Waals surface area contributed by atoms with E-state index in [2.05, 4.69) is 47.8 Å². The number of rotatable bonds is 3. The Morgan fingerprint density at radius 2 is 1.83 bits per heavy atom. The fraction of sp³-hybridized carbons (Fsp3) is 0.300. The fourth-order valence-corrected chi connectivity index (χ4v) is 2.19. The van der Waals surface area contributed by atoms with Crippen LogP contribution in [0.5, 0.6) is 0 Å². The van der Waals surface area contributed by atoms with Gasteiger partial charge in [-0.2, -0.15) is 0 Å². The van der Waals surface area contributed by atoms with Gasteiger partial charge in [-0.15, -0.1) is 0 Å². The Kier molecular flexibility index (Phi) is 5.30. The number of carbonyl (C=O) groups excluding carboxylic acids is 1. The number of hydrogen-bond donors (Lipinski definition) is 0. The van der Waals surface area contributed by atoms with Crippen molar-refractivity contribution in [2.45, 2.75) is 8.69 Å². The molecule has 0 N–H and O–H groups in total. The average molecular weight is 445 g/mol. The molecule has 0 heterocycles. The molecule has 1 aromatic carbocycles. The van der Waals surface area contributed by atoms with Gasteiger partial charge in [-0.05, 0) is 53.4 Å². The van der Waals surface area contributed by atoms with Gasteiger partial charge in [0.1, 0.15) is 0 Å². The first-order valence-corrected chi connectivity index (χ1v) is 7.15. The van der Waals surface area contributed by atoms with Gasteiger partial charge in [0.25, 0.3) is 11.6 Å². The third-order valence-corrected chi connectivity index (χ3v) is 3.17. The van der Waals surface area contributed by atoms with Gasteiger partial charge in [-0.25, -0.2) is 0 Å². The largest absolute Gasteiger partial charge is 0.339 e. The summed E-state index contributed by atoms with van der Waals surface area (Å²) >= 11 is 9.42. The Labute approximate surface area is 129 Å². The summed E-state index contributed by atoms with van der Waals surface area (Å²) in [5, 5.41) is 10.5. The van der Waals surface area contributed by atoms with Crippen LogP contribution in [-0.2, 0) is 11.3 Å². The molecule has 1 rings (SSSR count). The minimum atomic E-state index is -0.984. The second-order valence-corrected chi connectivity index (χ2v) is 10.3. The standard InChI is InChI=1S/C10H9Br3N2O3/c1-14(9(16)10(11,12)13)6-7-2-4-8(5-3-7)15(17)18/h2-5H,6H2,1H3. The first-order valence-electron chi connectivity index (χ1n) is 4.77. The third kappa shape index (κ3) is 4.33. The lowest BCUT2D eigenvalue weighted by Crippen LogP contribution is -2.35. The van der Waals surface area contributed by atoms with Crippen molar-refractivity contribution in [3.05, 3.63) is 39.9 Å². The van der Waals surface area contributed by atoms with Crippen LogP contribution in [0.1, 0.15) is 5.56 Å². The number of hydrogen-bond acceptors (Lipinski definition) is 3. The molecular weight excluding hydrogens is 436 g/mol. The number of benzene rings is 1. The molecule has 0 aliphatic carbocycles. The summed E-state index contributed by atoms with van der Waals surface area (Å²) in [5.41, 5.74) is 0.844. The van der Waals surface area contributed by atoms with Crippen LogP contribution < -0.4 is 0 Å². The van der Waals surface area contributed by atoms with E-state index >= 15 is 0 Å². The van der Waals surface area contributed by atoms with Crippen LogP contribution in [0, 0.1) is 10.1 Å². The molecule has 0 saturated carbocycles. The van der Waals surface area contributed by atoms with Crippen LogP contribution >= 0.6 is 47.8 Å². The van der Waals surface area contributed by atoms with Gasteiger partial charge in [0, 0.05) is 25.7 Å². The van der Waals surface area contributed by atoms with E-state index in [9.17, 15) is 14.9 Å². The van der Waals surface area contributed by atoms with Gasteiger partial charge in [0.15, 0.2) is 0 Å². The number of amides is 1. The topological polar surface area (TPSA) is 63.4 Å². The molecule has 1 aromatic rings. The van der Waals surface area contributed by atoms with E-state index in [-0.39, 0.29) is 11.6 Å². The predicted octanol–water partition coefficient (Wildman–Crippen LogP) is 3.39. The van der Waals surface area contributed by atoms with Crippen molar-refractivity contribution in [1.29, 1.82) is 0 Å². The van der Waals surface area contributed by atoms with Crippen molar-refractivity contribution in [1.82, 2.24) is 4.90 Å². The van der Waals surface area contributed by atoms with Crippen LogP contribution in [0.3, 0.4) is 0 Å². The molecule has 0 aromatic heterocycles. The molecule has 0 spiro atoms. The molecule has 0 aliphatic rings. The highest BCUT2D eigenvalue weighted by Crippen LogP contribution is 2.35. The monoisotopic (exact) mass is 442 g/mol. The van der Waals surface area contributed by atoms with E-state index in [0.717, 1.165) is 5.56 Å². The van der Waals surface area contributed by atoms with E-state index in [0.29, 0.717) is 6.54 Å². The van der Waals surface area contributed by atoms with Crippen LogP contribution in [0.4, 0.5) is 5.69 Å². The van der Waals surface area contributed by atoms with Crippen LogP contribution in [0.2, 0.25) is 0 Å². The van der Waals surface area contributed by atoms with E-state index in [1.807, 2.05) is 0 Å². The molecule has 0 fully saturated rings. The molecule has 5 nitrogen and oxygen atoms in total. The number of nitro groups is 1. The van der Waals surface area contributed by atoms with E-state index < -0.39 is 7.07 Å². The lowest BCUT2D eigenvalue weighted by molar-refractivity contribution is -0.384. The lowest BCUT2D eigenvalue weighted by atomic mass is 10.2. The highest BCUT2D eigenvalue weighted by atomic mass is 80.0. The predicted molar refractivity (Wildman–Crippen MR) is 79.1 cm³/mol. The zero-order valence-corrected chi connectivity index (χ0v) is 14.0. The van der Waals surface area contributed by atoms with Gasteiger partial charge in [0.2, 0.25) is 2.14 Å². The zero-order valence-electron chi connectivity index (χ0n) is 9.27. The Morgan fingerprint density at radius 3 is 2.22 bits per heavy atom. The molecule has 0 saturated heterocycles. The number of nitrogens with zero attached hydrogens (tertiary/aromatic N) is 2. The molecular formula is C10H9Br3N2O3. The van der Waals surface area contributed by atoms with Crippen molar-refractivity contribution in [2.75, 3.05) is 7.05 Å². The SMILES string of the molecule is CN(Cc1ccc([N+](=O)[O-])cc1)C(=O)C(Br)(Br)Br. The molecule has 8 heteroatoms. The van der Waals surface area contributed by atoms with Crippen LogP contribution in [0.25, 0.3) is 0 Å². The van der Waals surface area contributed by atoms with E-state index in [1.165, 1.54) is 17.0 Å². The Hall–Kier alpha value is -0.470. The molecule has 0 bridgehead atoms. The third-order valence-electron chi connectivity index (χ3n) is 2.16. The summed E-state index contributed by atoms with van der Waals surface area (Å²) in [6.07, 6.45) is 0. The quantitative estimate of drug-likeness (QED) is 0.408. The fourth-order valence-electron chi connectivity index (χ4n) is 1.29. The van der Waals surface area contributed by atoms with Gasteiger partial charge < -0.3 is 4.90 Å². The Morgan fingerprint density at radius 1 is 1.33 bits per heavy atom. The van der Waals surface area contributed by atoms with Crippen molar-refractivity contribution < 1.29 is 9.72 Å². The molecule has 98 valence electrons. The van der Waals surface area contributed by atoms with Crippen molar-refractivity contribution in [3.8, 4) is 0 Å². The minimum Gasteiger partial charge on any atom is -0.339 e. The minimum absolute atomic E-state index is 0.0311. The molecule has 0 aliphatic heterocycles. The van der Waals surface area contributed by atoms with E-state index in [1.54, 1.807) is 19.2 Å². The average Bonchev–Trinajstić information content (AvgIpc) is 2.27. The van der Waals surface area contributed by atoms with Crippen molar-refractivity contribution >= 4 is 59.4 Å². The van der Waals surface area contributed by atoms with Gasteiger partial charge in [-0.1, -0.05) is 12.1 Å². The molecule has 18 heavy (non-hydrogen) atoms. The second kappa shape index (κ2) is 6.12. The van der Waals surface area contributed by atoms with Crippen molar-refractivity contribution in [2.24, 2.45) is 0 Å². The maximum absolute atomic E-state index is 11.8. The number of halogens is 3. The normalized spacial score (nSPS) is 11.1. The van der Waals surface area contributed by atoms with Gasteiger partial charge in [-0.3, -0.25) is 14.9 Å². The summed E-state index contributed by atoms with van der Waals surface area (Å²) in [5.74, 6) is -0.208. The van der Waals surface area contributed by atoms with Crippen LogP contribution in [0.15, 0.2) is 24.3 Å². The Bertz CT molecular complexity index is 456. The smallest absolute Gasteiger partial charge is 0.269 e. The van der Waals surface area contributed by atoms with Crippen LogP contribution in [-0.4, -0.2) is 24.9 Å². The summed E-state index contributed by atoms with van der Waals surface area (Å²) in [6, 6.07) is 6.08. The number of carbonyl (C=O) groups is 1. The number of alkyl halides is 3. The first-order chi connectivity index (χ1) is 8.21. The maximum Gasteiger partial charge on any atom is 0.269 e. The second-order valence-electron chi connectivity index (χ2n) is 3.58. The summed E-state index contributed by atoms with van der Waals surface area (Å²) in [4.78, 5) is 23.3. The van der Waals surface area contributed by atoms with Crippen molar-refractivity contribution in [3.63, 3.8) is 0 Å². The summed E-state index contributed by atoms with van der Waals surface area (Å²) < 4.78 is -0.984. The Balaban J connectivity index is 2.74. The lowest BCUT2D eigenvalue weighted by Gasteiger charge is -2.22. The number of non-ortho nitro benzene ring substituents is 1. The summed E-state index contributed by atoms with van der Waals surface area (Å²) in [7, 11) is 1.64.